The third-order valence-electron chi connectivity index (χ3n) is 2.95. The lowest BCUT2D eigenvalue weighted by atomic mass is 10.1. The first kappa shape index (κ1) is 14.3. The van der Waals surface area contributed by atoms with Crippen molar-refractivity contribution in [1.82, 2.24) is 4.98 Å². The van der Waals surface area contributed by atoms with Crippen LogP contribution in [0.1, 0.15) is 15.9 Å². The quantitative estimate of drug-likeness (QED) is 0.701. The van der Waals surface area contributed by atoms with Crippen LogP contribution < -0.4 is 5.32 Å². The van der Waals surface area contributed by atoms with Crippen molar-refractivity contribution in [3.8, 4) is 0 Å². The maximum Gasteiger partial charge on any atom is 0.257 e. The summed E-state index contributed by atoms with van der Waals surface area (Å²) in [5, 5.41) is 4.35. The zero-order chi connectivity index (χ0) is 15.0. The maximum absolute atomic E-state index is 12.2. The van der Waals surface area contributed by atoms with Crippen molar-refractivity contribution >= 4 is 55.8 Å². The fourth-order valence-corrected chi connectivity index (χ4v) is 3.37. The molecule has 106 valence electrons. The van der Waals surface area contributed by atoms with Gasteiger partial charge in [-0.25, -0.2) is 4.98 Å². The molecule has 0 spiro atoms. The van der Waals surface area contributed by atoms with Gasteiger partial charge in [0, 0.05) is 5.56 Å². The van der Waals surface area contributed by atoms with Gasteiger partial charge in [0.1, 0.15) is 5.52 Å². The van der Waals surface area contributed by atoms with E-state index in [2.05, 4.69) is 10.3 Å². The third-order valence-corrected chi connectivity index (χ3v) is 4.68. The van der Waals surface area contributed by atoms with Gasteiger partial charge in [0.05, 0.1) is 14.7 Å². The zero-order valence-electron chi connectivity index (χ0n) is 11.0. The van der Waals surface area contributed by atoms with Gasteiger partial charge >= 0.3 is 0 Å². The molecule has 0 aliphatic rings. The molecule has 1 aromatic heterocycles. The average molecular weight is 337 g/mol. The van der Waals surface area contributed by atoms with Crippen LogP contribution in [0.2, 0.25) is 10.0 Å². The lowest BCUT2D eigenvalue weighted by Gasteiger charge is -2.02. The molecular formula is C15H10Cl2N2OS. The number of carbonyl (C=O) groups is 1. The first-order valence-electron chi connectivity index (χ1n) is 6.17. The molecule has 1 amide bonds. The van der Waals surface area contributed by atoms with Crippen LogP contribution in [0.5, 0.6) is 0 Å². The number of carbonyl (C=O) groups excluding carboxylic acids is 1. The van der Waals surface area contributed by atoms with Gasteiger partial charge < -0.3 is 0 Å². The van der Waals surface area contributed by atoms with Crippen LogP contribution in [0.15, 0.2) is 36.4 Å². The van der Waals surface area contributed by atoms with Gasteiger partial charge in [-0.1, -0.05) is 52.2 Å². The highest BCUT2D eigenvalue weighted by Gasteiger charge is 2.13. The number of amides is 1. The highest BCUT2D eigenvalue weighted by Crippen LogP contribution is 2.36. The van der Waals surface area contributed by atoms with E-state index in [9.17, 15) is 4.79 Å². The Hall–Kier alpha value is -1.62. The van der Waals surface area contributed by atoms with E-state index in [1.54, 1.807) is 18.2 Å². The van der Waals surface area contributed by atoms with Crippen molar-refractivity contribution < 1.29 is 4.79 Å². The zero-order valence-corrected chi connectivity index (χ0v) is 13.3. The Labute approximate surface area is 135 Å². The van der Waals surface area contributed by atoms with Gasteiger partial charge in [-0.15, -0.1) is 0 Å². The number of hydrogen-bond donors (Lipinski definition) is 1. The van der Waals surface area contributed by atoms with Crippen LogP contribution in [-0.2, 0) is 0 Å². The number of aryl methyl sites for hydroxylation is 1. The molecule has 3 rings (SSSR count). The summed E-state index contributed by atoms with van der Waals surface area (Å²) in [7, 11) is 0. The second-order valence-corrected chi connectivity index (χ2v) is 6.36. The summed E-state index contributed by atoms with van der Waals surface area (Å²) in [6, 6.07) is 10.8. The molecule has 3 aromatic rings. The molecule has 0 saturated heterocycles. The van der Waals surface area contributed by atoms with Crippen molar-refractivity contribution in [2.24, 2.45) is 0 Å². The van der Waals surface area contributed by atoms with Crippen LogP contribution >= 0.6 is 34.5 Å². The molecule has 0 atom stereocenters. The summed E-state index contributed by atoms with van der Waals surface area (Å²) in [6.07, 6.45) is 0. The predicted octanol–water partition coefficient (Wildman–Crippen LogP) is 5.16. The Morgan fingerprint density at radius 2 is 1.95 bits per heavy atom. The van der Waals surface area contributed by atoms with Crippen LogP contribution in [0, 0.1) is 6.92 Å². The molecule has 21 heavy (non-hydrogen) atoms. The summed E-state index contributed by atoms with van der Waals surface area (Å²) in [6.45, 7) is 1.94. The van der Waals surface area contributed by atoms with Crippen LogP contribution in [-0.4, -0.2) is 10.9 Å². The van der Waals surface area contributed by atoms with Gasteiger partial charge in [0.2, 0.25) is 0 Å². The second kappa shape index (κ2) is 5.64. The maximum atomic E-state index is 12.2. The Bertz CT molecular complexity index is 806. The van der Waals surface area contributed by atoms with Gasteiger partial charge in [0.15, 0.2) is 5.13 Å². The standard InChI is InChI=1S/C15H10Cl2N2OS/c1-8-3-2-4-9(7-8)14(20)19-15-18-12-10(16)5-6-11(17)13(12)21-15/h2-7H,1H3,(H,18,19,20). The van der Waals surface area contributed by atoms with Crippen molar-refractivity contribution in [1.29, 1.82) is 0 Å². The SMILES string of the molecule is Cc1cccc(C(=O)Nc2nc3c(Cl)ccc(Cl)c3s2)c1. The number of rotatable bonds is 2. The smallest absolute Gasteiger partial charge is 0.257 e. The molecule has 2 aromatic carbocycles. The number of nitrogens with zero attached hydrogens (tertiary/aromatic N) is 1. The van der Waals surface area contributed by atoms with Gasteiger partial charge in [-0.05, 0) is 31.2 Å². The molecule has 0 fully saturated rings. The fourth-order valence-electron chi connectivity index (χ4n) is 1.95. The lowest BCUT2D eigenvalue weighted by molar-refractivity contribution is 0.102. The average Bonchev–Trinajstić information content (AvgIpc) is 2.88. The number of aromatic nitrogens is 1. The molecule has 0 bridgehead atoms. The molecule has 0 radical (unpaired) electrons. The molecule has 6 heteroatoms. The first-order valence-corrected chi connectivity index (χ1v) is 7.74. The largest absolute Gasteiger partial charge is 0.298 e. The number of thiazole rings is 1. The summed E-state index contributed by atoms with van der Waals surface area (Å²) in [5.41, 5.74) is 2.22. The Morgan fingerprint density at radius 1 is 1.19 bits per heavy atom. The summed E-state index contributed by atoms with van der Waals surface area (Å²) >= 11 is 13.5. The second-order valence-electron chi connectivity index (χ2n) is 4.55. The Kier molecular flexibility index (Phi) is 3.85. The molecular weight excluding hydrogens is 327 g/mol. The molecule has 0 aliphatic carbocycles. The highest BCUT2D eigenvalue weighted by atomic mass is 35.5. The number of halogens is 2. The summed E-state index contributed by atoms with van der Waals surface area (Å²) in [5.74, 6) is -0.204. The molecule has 3 nitrogen and oxygen atoms in total. The number of nitrogens with one attached hydrogen (secondary N) is 1. The fraction of sp³-hybridized carbons (Fsp3) is 0.0667. The van der Waals surface area contributed by atoms with Crippen molar-refractivity contribution in [2.45, 2.75) is 6.92 Å². The number of anilines is 1. The van der Waals surface area contributed by atoms with E-state index in [4.69, 9.17) is 23.2 Å². The van der Waals surface area contributed by atoms with Gasteiger partial charge in [-0.2, -0.15) is 0 Å². The molecule has 1 N–H and O–H groups in total. The minimum Gasteiger partial charge on any atom is -0.298 e. The number of benzene rings is 2. The highest BCUT2D eigenvalue weighted by molar-refractivity contribution is 7.23. The van der Waals surface area contributed by atoms with E-state index >= 15 is 0 Å². The van der Waals surface area contributed by atoms with Gasteiger partial charge in [0.25, 0.3) is 5.91 Å². The Balaban J connectivity index is 1.93. The minimum atomic E-state index is -0.204. The van der Waals surface area contributed by atoms with E-state index in [-0.39, 0.29) is 5.91 Å². The third kappa shape index (κ3) is 2.88. The predicted molar refractivity (Wildman–Crippen MR) is 88.8 cm³/mol. The molecule has 0 aliphatic heterocycles. The van der Waals surface area contributed by atoms with E-state index in [1.165, 1.54) is 11.3 Å². The number of fused-ring (bicyclic) bond motifs is 1. The van der Waals surface area contributed by atoms with Gasteiger partial charge in [-0.3, -0.25) is 10.1 Å². The van der Waals surface area contributed by atoms with Crippen molar-refractivity contribution in [2.75, 3.05) is 5.32 Å². The minimum absolute atomic E-state index is 0.204. The molecule has 0 unspecified atom stereocenters. The summed E-state index contributed by atoms with van der Waals surface area (Å²) < 4.78 is 0.767. The first-order chi connectivity index (χ1) is 10.0. The molecule has 0 saturated carbocycles. The van der Waals surface area contributed by atoms with Crippen LogP contribution in [0.4, 0.5) is 5.13 Å². The van der Waals surface area contributed by atoms with Crippen LogP contribution in [0.3, 0.4) is 0 Å². The van der Waals surface area contributed by atoms with Crippen LogP contribution in [0.25, 0.3) is 10.2 Å². The van der Waals surface area contributed by atoms with Crippen molar-refractivity contribution in [3.05, 3.63) is 57.6 Å². The Morgan fingerprint density at radius 3 is 2.67 bits per heavy atom. The number of hydrogen-bond acceptors (Lipinski definition) is 3. The van der Waals surface area contributed by atoms with E-state index < -0.39 is 0 Å². The summed E-state index contributed by atoms with van der Waals surface area (Å²) in [4.78, 5) is 16.5. The van der Waals surface area contributed by atoms with E-state index in [0.717, 1.165) is 10.3 Å². The topological polar surface area (TPSA) is 42.0 Å². The lowest BCUT2D eigenvalue weighted by Crippen LogP contribution is -2.11. The van der Waals surface area contributed by atoms with E-state index in [0.29, 0.717) is 26.3 Å². The monoisotopic (exact) mass is 336 g/mol. The van der Waals surface area contributed by atoms with Crippen molar-refractivity contribution in [3.63, 3.8) is 0 Å². The molecule has 1 heterocycles. The normalized spacial score (nSPS) is 10.8. The van der Waals surface area contributed by atoms with E-state index in [1.807, 2.05) is 25.1 Å².